The summed E-state index contributed by atoms with van der Waals surface area (Å²) in [6, 6.07) is 9.68. The minimum atomic E-state index is -0.303. The van der Waals surface area contributed by atoms with Gasteiger partial charge in [-0.05, 0) is 12.5 Å². The standard InChI is InChI=1S/C12H13FO/c1-10(13)8-11(2)14-9-12-6-4-3-5-7-12/h3-8H,2,9H2,1H3/b10-8+. The van der Waals surface area contributed by atoms with Gasteiger partial charge in [0, 0.05) is 6.08 Å². The predicted molar refractivity (Wildman–Crippen MR) is 55.2 cm³/mol. The van der Waals surface area contributed by atoms with Crippen LogP contribution in [0.2, 0.25) is 0 Å². The topological polar surface area (TPSA) is 9.23 Å². The average Bonchev–Trinajstić information content (AvgIpc) is 2.15. The summed E-state index contributed by atoms with van der Waals surface area (Å²) in [5.74, 6) is 0.0388. The number of ether oxygens (including phenoxy) is 1. The monoisotopic (exact) mass is 192 g/mol. The van der Waals surface area contributed by atoms with E-state index in [0.717, 1.165) is 5.56 Å². The molecule has 74 valence electrons. The van der Waals surface area contributed by atoms with Crippen LogP contribution in [0.4, 0.5) is 4.39 Å². The van der Waals surface area contributed by atoms with Gasteiger partial charge in [0.1, 0.15) is 18.2 Å². The molecule has 0 aliphatic carbocycles. The molecular formula is C12H13FO. The van der Waals surface area contributed by atoms with Gasteiger partial charge in [-0.15, -0.1) is 0 Å². The highest BCUT2D eigenvalue weighted by molar-refractivity contribution is 5.15. The van der Waals surface area contributed by atoms with Crippen LogP contribution in [0.15, 0.2) is 54.6 Å². The summed E-state index contributed by atoms with van der Waals surface area (Å²) >= 11 is 0. The van der Waals surface area contributed by atoms with Crippen molar-refractivity contribution in [3.05, 3.63) is 60.1 Å². The molecule has 1 nitrogen and oxygen atoms in total. The van der Waals surface area contributed by atoms with E-state index >= 15 is 0 Å². The minimum absolute atomic E-state index is 0.303. The second-order valence-electron chi connectivity index (χ2n) is 2.97. The van der Waals surface area contributed by atoms with Crippen molar-refractivity contribution in [3.63, 3.8) is 0 Å². The van der Waals surface area contributed by atoms with Crippen LogP contribution >= 0.6 is 0 Å². The lowest BCUT2D eigenvalue weighted by Crippen LogP contribution is -1.90. The third-order valence-corrected chi connectivity index (χ3v) is 1.63. The Morgan fingerprint density at radius 3 is 2.64 bits per heavy atom. The van der Waals surface area contributed by atoms with Crippen molar-refractivity contribution < 1.29 is 9.13 Å². The predicted octanol–water partition coefficient (Wildman–Crippen LogP) is 3.59. The lowest BCUT2D eigenvalue weighted by atomic mass is 10.2. The molecule has 0 heterocycles. The number of benzene rings is 1. The third kappa shape index (κ3) is 3.90. The van der Waals surface area contributed by atoms with Gasteiger partial charge in [0.05, 0.1) is 0 Å². The smallest absolute Gasteiger partial charge is 0.115 e. The maximum Gasteiger partial charge on any atom is 0.115 e. The molecule has 0 fully saturated rings. The summed E-state index contributed by atoms with van der Waals surface area (Å²) in [4.78, 5) is 0. The van der Waals surface area contributed by atoms with E-state index < -0.39 is 0 Å². The Labute approximate surface area is 83.5 Å². The molecule has 2 heteroatoms. The maximum absolute atomic E-state index is 12.4. The highest BCUT2D eigenvalue weighted by atomic mass is 19.1. The molecule has 0 spiro atoms. The van der Waals surface area contributed by atoms with Crippen LogP contribution in [-0.4, -0.2) is 0 Å². The van der Waals surface area contributed by atoms with Crippen LogP contribution in [0.25, 0.3) is 0 Å². The Balaban J connectivity index is 2.42. The Morgan fingerprint density at radius 1 is 1.43 bits per heavy atom. The lowest BCUT2D eigenvalue weighted by molar-refractivity contribution is 0.211. The Hall–Kier alpha value is -1.57. The molecule has 0 saturated heterocycles. The van der Waals surface area contributed by atoms with Crippen LogP contribution < -0.4 is 0 Å². The summed E-state index contributed by atoms with van der Waals surface area (Å²) in [7, 11) is 0. The van der Waals surface area contributed by atoms with E-state index in [-0.39, 0.29) is 5.83 Å². The molecule has 14 heavy (non-hydrogen) atoms. The van der Waals surface area contributed by atoms with E-state index in [0.29, 0.717) is 12.4 Å². The zero-order chi connectivity index (χ0) is 10.4. The Kier molecular flexibility index (Phi) is 3.92. The molecule has 1 aromatic carbocycles. The van der Waals surface area contributed by atoms with Crippen LogP contribution in [0, 0.1) is 0 Å². The van der Waals surface area contributed by atoms with Gasteiger partial charge in [-0.3, -0.25) is 0 Å². The second kappa shape index (κ2) is 5.22. The van der Waals surface area contributed by atoms with Crippen molar-refractivity contribution in [1.29, 1.82) is 0 Å². The first-order valence-electron chi connectivity index (χ1n) is 4.38. The zero-order valence-electron chi connectivity index (χ0n) is 8.16. The first-order chi connectivity index (χ1) is 6.68. The van der Waals surface area contributed by atoms with Gasteiger partial charge in [0.25, 0.3) is 0 Å². The normalized spacial score (nSPS) is 11.1. The van der Waals surface area contributed by atoms with Crippen molar-refractivity contribution in [2.75, 3.05) is 0 Å². The maximum atomic E-state index is 12.4. The number of halogens is 1. The van der Waals surface area contributed by atoms with E-state index in [1.807, 2.05) is 30.3 Å². The quantitative estimate of drug-likeness (QED) is 0.523. The summed E-state index contributed by atoms with van der Waals surface area (Å²) < 4.78 is 17.6. The van der Waals surface area contributed by atoms with E-state index in [9.17, 15) is 4.39 Å². The molecule has 0 aromatic heterocycles. The van der Waals surface area contributed by atoms with Gasteiger partial charge in [0.2, 0.25) is 0 Å². The number of hydrogen-bond acceptors (Lipinski definition) is 1. The largest absolute Gasteiger partial charge is 0.489 e. The van der Waals surface area contributed by atoms with Crippen molar-refractivity contribution in [2.45, 2.75) is 13.5 Å². The molecule has 0 N–H and O–H groups in total. The average molecular weight is 192 g/mol. The summed E-state index contributed by atoms with van der Waals surface area (Å²) in [5, 5.41) is 0. The highest BCUT2D eigenvalue weighted by Crippen LogP contribution is 2.07. The second-order valence-corrected chi connectivity index (χ2v) is 2.97. The van der Waals surface area contributed by atoms with E-state index in [4.69, 9.17) is 4.74 Å². The van der Waals surface area contributed by atoms with Crippen molar-refractivity contribution in [1.82, 2.24) is 0 Å². The molecule has 0 unspecified atom stereocenters. The van der Waals surface area contributed by atoms with Crippen molar-refractivity contribution in [2.24, 2.45) is 0 Å². The first-order valence-corrected chi connectivity index (χ1v) is 4.38. The fraction of sp³-hybridized carbons (Fsp3) is 0.167. The molecule has 0 bridgehead atoms. The molecule has 1 aromatic rings. The van der Waals surface area contributed by atoms with Gasteiger partial charge in [0.15, 0.2) is 0 Å². The van der Waals surface area contributed by atoms with Gasteiger partial charge < -0.3 is 4.74 Å². The Morgan fingerprint density at radius 2 is 2.07 bits per heavy atom. The van der Waals surface area contributed by atoms with Crippen LogP contribution in [-0.2, 0) is 11.3 Å². The first kappa shape index (κ1) is 10.5. The minimum Gasteiger partial charge on any atom is -0.489 e. The van der Waals surface area contributed by atoms with E-state index in [1.165, 1.54) is 13.0 Å². The molecular weight excluding hydrogens is 179 g/mol. The zero-order valence-corrected chi connectivity index (χ0v) is 8.16. The number of rotatable bonds is 4. The number of allylic oxidation sites excluding steroid dienone is 2. The molecule has 0 amide bonds. The fourth-order valence-electron chi connectivity index (χ4n) is 1.01. The van der Waals surface area contributed by atoms with Gasteiger partial charge in [-0.25, -0.2) is 4.39 Å². The molecule has 1 rings (SSSR count). The summed E-state index contributed by atoms with van der Waals surface area (Å²) in [5.41, 5.74) is 1.04. The molecule has 0 radical (unpaired) electrons. The molecule has 0 aliphatic heterocycles. The van der Waals surface area contributed by atoms with Crippen LogP contribution in [0.5, 0.6) is 0 Å². The molecule has 0 atom stereocenters. The summed E-state index contributed by atoms with van der Waals surface area (Å²) in [6.07, 6.45) is 1.27. The molecule has 0 saturated carbocycles. The SMILES string of the molecule is C=C(/C=C(\C)F)OCc1ccccc1. The van der Waals surface area contributed by atoms with Crippen LogP contribution in [0.3, 0.4) is 0 Å². The summed E-state index contributed by atoms with van der Waals surface area (Å²) in [6.45, 7) is 5.35. The van der Waals surface area contributed by atoms with Crippen molar-refractivity contribution >= 4 is 0 Å². The van der Waals surface area contributed by atoms with Gasteiger partial charge in [-0.1, -0.05) is 36.9 Å². The van der Waals surface area contributed by atoms with Crippen LogP contribution in [0.1, 0.15) is 12.5 Å². The highest BCUT2D eigenvalue weighted by Gasteiger charge is 1.94. The fourth-order valence-corrected chi connectivity index (χ4v) is 1.01. The Bertz CT molecular complexity index is 323. The number of hydrogen-bond donors (Lipinski definition) is 0. The lowest BCUT2D eigenvalue weighted by Gasteiger charge is -2.05. The van der Waals surface area contributed by atoms with E-state index in [1.54, 1.807) is 0 Å². The third-order valence-electron chi connectivity index (χ3n) is 1.63. The van der Waals surface area contributed by atoms with Gasteiger partial charge >= 0.3 is 0 Å². The molecule has 0 aliphatic rings. The van der Waals surface area contributed by atoms with E-state index in [2.05, 4.69) is 6.58 Å². The van der Waals surface area contributed by atoms with Crippen molar-refractivity contribution in [3.8, 4) is 0 Å². The van der Waals surface area contributed by atoms with Gasteiger partial charge in [-0.2, -0.15) is 0 Å².